The summed E-state index contributed by atoms with van der Waals surface area (Å²) >= 11 is 1.66. The maximum atomic E-state index is 11.2. The van der Waals surface area contributed by atoms with E-state index in [2.05, 4.69) is 52.2 Å². The van der Waals surface area contributed by atoms with Crippen LogP contribution in [0.3, 0.4) is 0 Å². The number of carboxylic acid groups (broad SMARTS) is 1. The highest BCUT2D eigenvalue weighted by atomic mass is 32.2. The maximum Gasteiger partial charge on any atom is 0.306 e. The minimum Gasteiger partial charge on any atom is -0.481 e. The molecule has 2 aromatic rings. The van der Waals surface area contributed by atoms with Crippen molar-refractivity contribution in [2.24, 2.45) is 23.7 Å². The largest absolute Gasteiger partial charge is 0.481 e. The lowest BCUT2D eigenvalue weighted by Gasteiger charge is -2.41. The second kappa shape index (κ2) is 11.8. The van der Waals surface area contributed by atoms with Crippen LogP contribution in [-0.2, 0) is 11.3 Å². The lowest BCUT2D eigenvalue weighted by atomic mass is 9.75. The molecule has 3 atom stereocenters. The Balaban J connectivity index is 0.00000149. The molecule has 33 heavy (non-hydrogen) atoms. The van der Waals surface area contributed by atoms with Crippen molar-refractivity contribution in [1.82, 2.24) is 14.9 Å². The second-order valence-electron chi connectivity index (χ2n) is 9.28. The lowest BCUT2D eigenvalue weighted by Crippen LogP contribution is -2.42. The molecular weight excluding hydrogens is 432 g/mol. The Morgan fingerprint density at radius 1 is 1.24 bits per heavy atom. The van der Waals surface area contributed by atoms with Gasteiger partial charge in [-0.05, 0) is 61.3 Å². The van der Waals surface area contributed by atoms with E-state index in [1.54, 1.807) is 24.2 Å². The van der Waals surface area contributed by atoms with E-state index >= 15 is 0 Å². The van der Waals surface area contributed by atoms with Gasteiger partial charge in [0.25, 0.3) is 0 Å². The molecule has 0 saturated carbocycles. The van der Waals surface area contributed by atoms with Crippen LogP contribution in [0.2, 0.25) is 0 Å². The van der Waals surface area contributed by atoms with E-state index in [0.717, 1.165) is 55.4 Å². The topological polar surface area (TPSA) is 78.3 Å². The summed E-state index contributed by atoms with van der Waals surface area (Å²) in [6.45, 7) is 13.5. The molecule has 1 aromatic heterocycles. The minimum absolute atomic E-state index is 0.249. The fourth-order valence-electron chi connectivity index (χ4n) is 4.78. The van der Waals surface area contributed by atoms with Crippen molar-refractivity contribution in [2.75, 3.05) is 18.4 Å². The van der Waals surface area contributed by atoms with Crippen molar-refractivity contribution >= 4 is 29.2 Å². The van der Waals surface area contributed by atoms with Gasteiger partial charge in [0.15, 0.2) is 5.82 Å². The van der Waals surface area contributed by atoms with E-state index < -0.39 is 5.97 Å². The fourth-order valence-corrected chi connectivity index (χ4v) is 5.66. The number of carboxylic acids is 1. The first-order valence-corrected chi connectivity index (χ1v) is 13.1. The highest BCUT2D eigenvalue weighted by Gasteiger charge is 2.32. The Bertz CT molecular complexity index is 936. The van der Waals surface area contributed by atoms with Gasteiger partial charge in [-0.2, -0.15) is 0 Å². The number of benzene rings is 1. The van der Waals surface area contributed by atoms with Crippen LogP contribution in [0.25, 0.3) is 0 Å². The summed E-state index contributed by atoms with van der Waals surface area (Å²) in [4.78, 5) is 23.7. The number of aromatic nitrogens is 2. The van der Waals surface area contributed by atoms with Crippen LogP contribution < -0.4 is 5.32 Å². The number of anilines is 2. The van der Waals surface area contributed by atoms with E-state index in [1.807, 2.05) is 20.8 Å². The fraction of sp³-hybridized carbons (Fsp3) is 0.577. The number of nitrogens with one attached hydrogen (secondary N) is 1. The van der Waals surface area contributed by atoms with Crippen molar-refractivity contribution in [2.45, 2.75) is 70.3 Å². The molecule has 3 heterocycles. The highest BCUT2D eigenvalue weighted by Crippen LogP contribution is 2.42. The minimum atomic E-state index is -0.675. The molecule has 0 spiro atoms. The van der Waals surface area contributed by atoms with Gasteiger partial charge in [0.2, 0.25) is 0 Å². The zero-order valence-corrected chi connectivity index (χ0v) is 21.4. The SMILES string of the molecule is CC.CC(CCC1CCN(Cc2ccc3c(c2)Nc2nccnc2S3)CC1C(C)C)C(=O)O. The van der Waals surface area contributed by atoms with Gasteiger partial charge in [-0.25, -0.2) is 9.97 Å². The second-order valence-corrected chi connectivity index (χ2v) is 10.3. The Labute approximate surface area is 202 Å². The van der Waals surface area contributed by atoms with Gasteiger partial charge < -0.3 is 10.4 Å². The first-order valence-electron chi connectivity index (χ1n) is 12.2. The zero-order valence-electron chi connectivity index (χ0n) is 20.5. The predicted molar refractivity (Wildman–Crippen MR) is 135 cm³/mol. The van der Waals surface area contributed by atoms with Crippen LogP contribution in [0.1, 0.15) is 59.4 Å². The molecule has 4 rings (SSSR count). The third-order valence-corrected chi connectivity index (χ3v) is 7.78. The zero-order chi connectivity index (χ0) is 24.0. The van der Waals surface area contributed by atoms with Crippen molar-refractivity contribution in [3.05, 3.63) is 36.2 Å². The quantitative estimate of drug-likeness (QED) is 0.419. The van der Waals surface area contributed by atoms with E-state index in [0.29, 0.717) is 17.8 Å². The third-order valence-electron chi connectivity index (χ3n) is 6.71. The summed E-state index contributed by atoms with van der Waals surface area (Å²) in [5, 5.41) is 13.6. The average Bonchev–Trinajstić information content (AvgIpc) is 2.82. The summed E-state index contributed by atoms with van der Waals surface area (Å²) in [6, 6.07) is 6.64. The number of hydrogen-bond donors (Lipinski definition) is 2. The Morgan fingerprint density at radius 2 is 2.00 bits per heavy atom. The van der Waals surface area contributed by atoms with Gasteiger partial charge >= 0.3 is 5.97 Å². The Kier molecular flexibility index (Phi) is 9.15. The summed E-state index contributed by atoms with van der Waals surface area (Å²) < 4.78 is 0. The molecule has 1 aromatic carbocycles. The van der Waals surface area contributed by atoms with Crippen molar-refractivity contribution in [3.63, 3.8) is 0 Å². The number of hydrogen-bond acceptors (Lipinski definition) is 6. The summed E-state index contributed by atoms with van der Waals surface area (Å²) in [5.41, 5.74) is 2.41. The Morgan fingerprint density at radius 3 is 2.73 bits per heavy atom. The van der Waals surface area contributed by atoms with Crippen molar-refractivity contribution in [1.29, 1.82) is 0 Å². The molecule has 1 fully saturated rings. The molecule has 7 heteroatoms. The smallest absolute Gasteiger partial charge is 0.306 e. The number of piperidine rings is 1. The van der Waals surface area contributed by atoms with E-state index in [4.69, 9.17) is 0 Å². The van der Waals surface area contributed by atoms with Crippen LogP contribution >= 0.6 is 11.8 Å². The predicted octanol–water partition coefficient (Wildman–Crippen LogP) is 6.31. The number of fused-ring (bicyclic) bond motifs is 2. The molecule has 0 aliphatic carbocycles. The summed E-state index contributed by atoms with van der Waals surface area (Å²) in [7, 11) is 0. The maximum absolute atomic E-state index is 11.2. The molecule has 3 unspecified atom stereocenters. The van der Waals surface area contributed by atoms with Crippen LogP contribution in [0.5, 0.6) is 0 Å². The van der Waals surface area contributed by atoms with Crippen LogP contribution in [0.15, 0.2) is 40.5 Å². The summed E-state index contributed by atoms with van der Waals surface area (Å²) in [5.74, 6) is 1.74. The number of carbonyl (C=O) groups is 1. The molecule has 2 aliphatic rings. The molecule has 0 bridgehead atoms. The van der Waals surface area contributed by atoms with Gasteiger partial charge in [0.05, 0.1) is 11.6 Å². The highest BCUT2D eigenvalue weighted by molar-refractivity contribution is 7.99. The van der Waals surface area contributed by atoms with Crippen LogP contribution in [0, 0.1) is 23.7 Å². The molecule has 0 amide bonds. The van der Waals surface area contributed by atoms with Gasteiger partial charge in [-0.15, -0.1) is 0 Å². The first kappa shape index (κ1) is 25.5. The average molecular weight is 471 g/mol. The van der Waals surface area contributed by atoms with Gasteiger partial charge in [-0.3, -0.25) is 9.69 Å². The van der Waals surface area contributed by atoms with Gasteiger partial charge in [0, 0.05) is 30.4 Å². The molecule has 180 valence electrons. The normalized spacial score (nSPS) is 20.7. The standard InChI is InChI=1S/C24H32N4O2S.C2H6/c1-15(2)19-14-28(11-8-18(19)6-4-16(3)24(29)30)13-17-5-7-21-20(12-17)27-22-23(31-21)26-10-9-25-22;1-2/h5,7,9-10,12,15-16,18-19H,4,6,8,11,13-14H2,1-3H3,(H,25,27)(H,29,30);1-2H3. The van der Waals surface area contributed by atoms with Crippen LogP contribution in [0.4, 0.5) is 11.5 Å². The first-order chi connectivity index (χ1) is 15.9. The third kappa shape index (κ3) is 6.48. The number of aliphatic carboxylic acids is 1. The van der Waals surface area contributed by atoms with Crippen molar-refractivity contribution in [3.8, 4) is 0 Å². The molecule has 6 nitrogen and oxygen atoms in total. The number of rotatable bonds is 7. The number of likely N-dealkylation sites (tertiary alicyclic amines) is 1. The molecule has 2 N–H and O–H groups in total. The van der Waals surface area contributed by atoms with E-state index in [1.165, 1.54) is 10.5 Å². The molecular formula is C26H38N4O2S. The lowest BCUT2D eigenvalue weighted by molar-refractivity contribution is -0.141. The Hall–Kier alpha value is -2.12. The molecule has 1 saturated heterocycles. The van der Waals surface area contributed by atoms with Gasteiger partial charge in [-0.1, -0.05) is 52.4 Å². The number of nitrogens with zero attached hydrogens (tertiary/aromatic N) is 3. The van der Waals surface area contributed by atoms with E-state index in [-0.39, 0.29) is 5.92 Å². The van der Waals surface area contributed by atoms with Crippen LogP contribution in [-0.4, -0.2) is 39.0 Å². The van der Waals surface area contributed by atoms with Crippen molar-refractivity contribution < 1.29 is 9.90 Å². The molecule has 0 radical (unpaired) electrons. The van der Waals surface area contributed by atoms with Gasteiger partial charge in [0.1, 0.15) is 5.03 Å². The molecule has 2 aliphatic heterocycles. The monoisotopic (exact) mass is 470 g/mol. The van der Waals surface area contributed by atoms with E-state index in [9.17, 15) is 9.90 Å². The summed E-state index contributed by atoms with van der Waals surface area (Å²) in [6.07, 6.45) is 6.39.